The molecule has 0 fully saturated rings. The van der Waals surface area contributed by atoms with Crippen molar-refractivity contribution in [3.05, 3.63) is 24.7 Å². The SMILES string of the molecule is C/C=C/O/C=C/CC. The van der Waals surface area contributed by atoms with Crippen molar-refractivity contribution in [2.45, 2.75) is 20.3 Å². The van der Waals surface area contributed by atoms with Gasteiger partial charge in [-0.3, -0.25) is 0 Å². The van der Waals surface area contributed by atoms with Gasteiger partial charge in [-0.2, -0.15) is 0 Å². The van der Waals surface area contributed by atoms with Crippen molar-refractivity contribution >= 4 is 0 Å². The Labute approximate surface area is 50.7 Å². The van der Waals surface area contributed by atoms with E-state index in [2.05, 4.69) is 6.92 Å². The molecule has 0 bridgehead atoms. The van der Waals surface area contributed by atoms with Gasteiger partial charge in [-0.05, 0) is 19.4 Å². The molecule has 0 heterocycles. The summed E-state index contributed by atoms with van der Waals surface area (Å²) in [7, 11) is 0. The van der Waals surface area contributed by atoms with Gasteiger partial charge in [0.15, 0.2) is 0 Å². The van der Waals surface area contributed by atoms with Gasteiger partial charge in [0.2, 0.25) is 0 Å². The van der Waals surface area contributed by atoms with Crippen LogP contribution in [-0.2, 0) is 4.74 Å². The largest absolute Gasteiger partial charge is 0.473 e. The zero-order valence-corrected chi connectivity index (χ0v) is 5.42. The van der Waals surface area contributed by atoms with Crippen LogP contribution in [0.3, 0.4) is 0 Å². The molecule has 0 aliphatic carbocycles. The van der Waals surface area contributed by atoms with Gasteiger partial charge in [0.1, 0.15) is 0 Å². The molecule has 46 valence electrons. The van der Waals surface area contributed by atoms with Crippen molar-refractivity contribution in [1.82, 2.24) is 0 Å². The molecule has 0 saturated carbocycles. The van der Waals surface area contributed by atoms with Crippen LogP contribution in [0.1, 0.15) is 20.3 Å². The van der Waals surface area contributed by atoms with Gasteiger partial charge in [0.05, 0.1) is 12.5 Å². The Kier molecular flexibility index (Phi) is 5.71. The van der Waals surface area contributed by atoms with Crippen LogP contribution in [0.25, 0.3) is 0 Å². The lowest BCUT2D eigenvalue weighted by Gasteiger charge is -1.84. The third-order valence-electron chi connectivity index (χ3n) is 0.625. The summed E-state index contributed by atoms with van der Waals surface area (Å²) >= 11 is 0. The topological polar surface area (TPSA) is 9.23 Å². The van der Waals surface area contributed by atoms with Gasteiger partial charge in [0, 0.05) is 0 Å². The summed E-state index contributed by atoms with van der Waals surface area (Å²) in [6.45, 7) is 3.98. The van der Waals surface area contributed by atoms with Crippen LogP contribution in [0, 0.1) is 0 Å². The molecular formula is C7H12O. The number of rotatable bonds is 3. The smallest absolute Gasteiger partial charge is 0.0861 e. The molecule has 0 saturated heterocycles. The normalized spacial score (nSPS) is 11.2. The molecule has 8 heavy (non-hydrogen) atoms. The minimum absolute atomic E-state index is 1.03. The monoisotopic (exact) mass is 112 g/mol. The van der Waals surface area contributed by atoms with Crippen molar-refractivity contribution in [2.75, 3.05) is 0 Å². The molecule has 0 aliphatic rings. The second-order valence-electron chi connectivity index (χ2n) is 1.39. The molecule has 0 N–H and O–H groups in total. The maximum absolute atomic E-state index is 4.86. The highest BCUT2D eigenvalue weighted by Gasteiger charge is 1.63. The van der Waals surface area contributed by atoms with Crippen LogP contribution in [0.4, 0.5) is 0 Å². The molecule has 0 spiro atoms. The van der Waals surface area contributed by atoms with Crippen LogP contribution in [0.2, 0.25) is 0 Å². The molecule has 0 amide bonds. The summed E-state index contributed by atoms with van der Waals surface area (Å²) in [6, 6.07) is 0. The first kappa shape index (κ1) is 7.28. The van der Waals surface area contributed by atoms with E-state index in [1.165, 1.54) is 0 Å². The Hall–Kier alpha value is -0.720. The molecule has 0 aliphatic heterocycles. The van der Waals surface area contributed by atoms with Crippen LogP contribution < -0.4 is 0 Å². The number of hydrogen-bond acceptors (Lipinski definition) is 1. The Morgan fingerprint density at radius 2 is 2.12 bits per heavy atom. The van der Waals surface area contributed by atoms with E-state index in [0.717, 1.165) is 6.42 Å². The summed E-state index contributed by atoms with van der Waals surface area (Å²) in [6.07, 6.45) is 8.16. The lowest BCUT2D eigenvalue weighted by atomic mass is 10.5. The first-order chi connectivity index (χ1) is 3.91. The van der Waals surface area contributed by atoms with E-state index < -0.39 is 0 Å². The standard InChI is InChI=1S/C7H12O/c1-3-5-7-8-6-4-2/h4-7H,3H2,1-2H3/b6-4+,7-5+. The molecule has 0 aromatic rings. The minimum atomic E-state index is 1.03. The highest BCUT2D eigenvalue weighted by molar-refractivity contribution is 4.75. The molecule has 1 nitrogen and oxygen atoms in total. The maximum atomic E-state index is 4.86. The fourth-order valence-corrected chi connectivity index (χ4v) is 0.276. The minimum Gasteiger partial charge on any atom is -0.473 e. The molecular weight excluding hydrogens is 100 g/mol. The third-order valence-corrected chi connectivity index (χ3v) is 0.625. The highest BCUT2D eigenvalue weighted by atomic mass is 16.5. The van der Waals surface area contributed by atoms with Gasteiger partial charge in [-0.25, -0.2) is 0 Å². The van der Waals surface area contributed by atoms with Crippen LogP contribution >= 0.6 is 0 Å². The van der Waals surface area contributed by atoms with E-state index in [0.29, 0.717) is 0 Å². The van der Waals surface area contributed by atoms with E-state index >= 15 is 0 Å². The molecule has 0 aromatic heterocycles. The first-order valence-electron chi connectivity index (χ1n) is 2.83. The van der Waals surface area contributed by atoms with Crippen molar-refractivity contribution in [2.24, 2.45) is 0 Å². The summed E-state index contributed by atoms with van der Waals surface area (Å²) in [4.78, 5) is 0. The molecule has 0 atom stereocenters. The Morgan fingerprint density at radius 3 is 2.62 bits per heavy atom. The van der Waals surface area contributed by atoms with Crippen molar-refractivity contribution in [1.29, 1.82) is 0 Å². The fraction of sp³-hybridized carbons (Fsp3) is 0.429. The lowest BCUT2D eigenvalue weighted by Crippen LogP contribution is -1.62. The molecule has 0 rings (SSSR count). The third kappa shape index (κ3) is 5.28. The van der Waals surface area contributed by atoms with Crippen LogP contribution in [-0.4, -0.2) is 0 Å². The van der Waals surface area contributed by atoms with Crippen molar-refractivity contribution < 1.29 is 4.74 Å². The molecule has 0 radical (unpaired) electrons. The number of ether oxygens (including phenoxy) is 1. The number of allylic oxidation sites excluding steroid dienone is 2. The second kappa shape index (κ2) is 6.28. The highest BCUT2D eigenvalue weighted by Crippen LogP contribution is 1.82. The van der Waals surface area contributed by atoms with E-state index in [4.69, 9.17) is 4.74 Å². The van der Waals surface area contributed by atoms with E-state index in [-0.39, 0.29) is 0 Å². The van der Waals surface area contributed by atoms with E-state index in [1.54, 1.807) is 12.5 Å². The molecule has 0 aromatic carbocycles. The van der Waals surface area contributed by atoms with Gasteiger partial charge in [-0.15, -0.1) is 0 Å². The average Bonchev–Trinajstić information content (AvgIpc) is 1.81. The zero-order valence-electron chi connectivity index (χ0n) is 5.42. The number of hydrogen-bond donors (Lipinski definition) is 0. The summed E-state index contributed by atoms with van der Waals surface area (Å²) in [5.74, 6) is 0. The Morgan fingerprint density at radius 1 is 1.38 bits per heavy atom. The van der Waals surface area contributed by atoms with Crippen molar-refractivity contribution in [3.8, 4) is 0 Å². The van der Waals surface area contributed by atoms with Gasteiger partial charge in [-0.1, -0.05) is 13.0 Å². The molecule has 1 heteroatoms. The predicted octanol–water partition coefficient (Wildman–Crippen LogP) is 2.46. The maximum Gasteiger partial charge on any atom is 0.0861 e. The average molecular weight is 112 g/mol. The van der Waals surface area contributed by atoms with Crippen LogP contribution in [0.15, 0.2) is 24.7 Å². The molecule has 0 unspecified atom stereocenters. The Bertz CT molecular complexity index is 82.4. The summed E-state index contributed by atoms with van der Waals surface area (Å²) < 4.78 is 4.86. The van der Waals surface area contributed by atoms with E-state index in [9.17, 15) is 0 Å². The zero-order chi connectivity index (χ0) is 6.24. The van der Waals surface area contributed by atoms with Gasteiger partial charge in [0.25, 0.3) is 0 Å². The van der Waals surface area contributed by atoms with Crippen LogP contribution in [0.5, 0.6) is 0 Å². The fourth-order valence-electron chi connectivity index (χ4n) is 0.276. The lowest BCUT2D eigenvalue weighted by molar-refractivity contribution is 0.400. The Balaban J connectivity index is 3.03. The predicted molar refractivity (Wildman–Crippen MR) is 35.3 cm³/mol. The summed E-state index contributed by atoms with van der Waals surface area (Å²) in [5.41, 5.74) is 0. The van der Waals surface area contributed by atoms with Gasteiger partial charge >= 0.3 is 0 Å². The van der Waals surface area contributed by atoms with E-state index in [1.807, 2.05) is 19.1 Å². The first-order valence-corrected chi connectivity index (χ1v) is 2.83. The van der Waals surface area contributed by atoms with Gasteiger partial charge < -0.3 is 4.74 Å². The second-order valence-corrected chi connectivity index (χ2v) is 1.39. The quantitative estimate of drug-likeness (QED) is 0.509. The summed E-state index contributed by atoms with van der Waals surface area (Å²) in [5, 5.41) is 0. The van der Waals surface area contributed by atoms with Crippen molar-refractivity contribution in [3.63, 3.8) is 0 Å².